The maximum Gasteiger partial charge on any atom is 0.162 e. The summed E-state index contributed by atoms with van der Waals surface area (Å²) in [6.45, 7) is 2.64. The standard InChI is InChI=1S/C15H15ClF2N2/c1-2-20-14(11-6-7-19-9-12(11)16)8-10-4-3-5-13(17)15(10)18/h3-7,9,14,20H,2,8H2,1H3. The van der Waals surface area contributed by atoms with E-state index in [-0.39, 0.29) is 6.04 Å². The lowest BCUT2D eigenvalue weighted by Crippen LogP contribution is -2.23. The predicted octanol–water partition coefficient (Wildman–Crippen LogP) is 3.91. The van der Waals surface area contributed by atoms with Crippen molar-refractivity contribution in [3.63, 3.8) is 0 Å². The van der Waals surface area contributed by atoms with Crippen molar-refractivity contribution >= 4 is 11.6 Å². The molecule has 1 aromatic heterocycles. The highest BCUT2D eigenvalue weighted by Crippen LogP contribution is 2.26. The summed E-state index contributed by atoms with van der Waals surface area (Å²) >= 11 is 6.12. The molecule has 106 valence electrons. The molecule has 0 aliphatic carbocycles. The molecule has 20 heavy (non-hydrogen) atoms. The fourth-order valence-corrected chi connectivity index (χ4v) is 2.38. The van der Waals surface area contributed by atoms with Crippen molar-refractivity contribution in [2.75, 3.05) is 6.54 Å². The number of likely N-dealkylation sites (N-methyl/N-ethyl adjacent to an activating group) is 1. The summed E-state index contributed by atoms with van der Waals surface area (Å²) in [4.78, 5) is 3.93. The van der Waals surface area contributed by atoms with Crippen LogP contribution in [-0.4, -0.2) is 11.5 Å². The molecule has 0 bridgehead atoms. The molecular weight excluding hydrogens is 282 g/mol. The van der Waals surface area contributed by atoms with Crippen molar-refractivity contribution in [2.24, 2.45) is 0 Å². The van der Waals surface area contributed by atoms with Gasteiger partial charge in [-0.1, -0.05) is 30.7 Å². The second-order valence-corrected chi connectivity index (χ2v) is 4.83. The number of nitrogens with zero attached hydrogens (tertiary/aromatic N) is 1. The molecule has 2 aromatic rings. The predicted molar refractivity (Wildman–Crippen MR) is 75.7 cm³/mol. The number of benzene rings is 1. The average Bonchev–Trinajstić information content (AvgIpc) is 2.44. The Kier molecular flexibility index (Phi) is 5.04. The van der Waals surface area contributed by atoms with Crippen LogP contribution in [-0.2, 0) is 6.42 Å². The molecule has 0 radical (unpaired) electrons. The van der Waals surface area contributed by atoms with Gasteiger partial charge in [0.2, 0.25) is 0 Å². The van der Waals surface area contributed by atoms with Crippen LogP contribution in [0.5, 0.6) is 0 Å². The van der Waals surface area contributed by atoms with Crippen molar-refractivity contribution < 1.29 is 8.78 Å². The van der Waals surface area contributed by atoms with E-state index >= 15 is 0 Å². The molecule has 1 unspecified atom stereocenters. The van der Waals surface area contributed by atoms with E-state index in [0.717, 1.165) is 11.6 Å². The van der Waals surface area contributed by atoms with Gasteiger partial charge < -0.3 is 5.32 Å². The van der Waals surface area contributed by atoms with Gasteiger partial charge in [0, 0.05) is 18.4 Å². The molecule has 0 aliphatic heterocycles. The maximum atomic E-state index is 13.8. The van der Waals surface area contributed by atoms with Crippen molar-refractivity contribution in [2.45, 2.75) is 19.4 Å². The highest BCUT2D eigenvalue weighted by atomic mass is 35.5. The third-order valence-electron chi connectivity index (χ3n) is 3.09. The van der Waals surface area contributed by atoms with Gasteiger partial charge in [-0.2, -0.15) is 0 Å². The number of rotatable bonds is 5. The van der Waals surface area contributed by atoms with Crippen molar-refractivity contribution in [1.82, 2.24) is 10.3 Å². The molecule has 1 atom stereocenters. The highest BCUT2D eigenvalue weighted by molar-refractivity contribution is 6.31. The SMILES string of the molecule is CCNC(Cc1cccc(F)c1F)c1ccncc1Cl. The van der Waals surface area contributed by atoms with Gasteiger partial charge in [0.1, 0.15) is 0 Å². The summed E-state index contributed by atoms with van der Waals surface area (Å²) in [5, 5.41) is 3.74. The number of hydrogen-bond donors (Lipinski definition) is 1. The first kappa shape index (κ1) is 14.9. The molecule has 0 aliphatic rings. The zero-order chi connectivity index (χ0) is 14.5. The fraction of sp³-hybridized carbons (Fsp3) is 0.267. The Hall–Kier alpha value is -1.52. The van der Waals surface area contributed by atoms with E-state index in [4.69, 9.17) is 11.6 Å². The van der Waals surface area contributed by atoms with Crippen LogP contribution in [0.2, 0.25) is 5.02 Å². The number of halogens is 3. The first-order valence-electron chi connectivity index (χ1n) is 6.39. The van der Waals surface area contributed by atoms with Crippen LogP contribution in [0.3, 0.4) is 0 Å². The molecule has 0 saturated carbocycles. The van der Waals surface area contributed by atoms with Gasteiger partial charge >= 0.3 is 0 Å². The minimum Gasteiger partial charge on any atom is -0.310 e. The number of aromatic nitrogens is 1. The lowest BCUT2D eigenvalue weighted by atomic mass is 9.99. The molecule has 1 aromatic carbocycles. The van der Waals surface area contributed by atoms with E-state index in [0.29, 0.717) is 23.6 Å². The Morgan fingerprint density at radius 2 is 2.10 bits per heavy atom. The summed E-state index contributed by atoms with van der Waals surface area (Å²) in [6.07, 6.45) is 3.50. The Bertz CT molecular complexity index is 590. The van der Waals surface area contributed by atoms with Crippen molar-refractivity contribution in [1.29, 1.82) is 0 Å². The van der Waals surface area contributed by atoms with E-state index < -0.39 is 11.6 Å². The Morgan fingerprint density at radius 3 is 2.80 bits per heavy atom. The van der Waals surface area contributed by atoms with Crippen LogP contribution in [0.4, 0.5) is 8.78 Å². The molecule has 0 fully saturated rings. The van der Waals surface area contributed by atoms with Crippen LogP contribution >= 0.6 is 11.6 Å². The van der Waals surface area contributed by atoms with Crippen LogP contribution in [0.1, 0.15) is 24.1 Å². The smallest absolute Gasteiger partial charge is 0.162 e. The minimum absolute atomic E-state index is 0.188. The molecule has 0 saturated heterocycles. The topological polar surface area (TPSA) is 24.9 Å². The fourth-order valence-electron chi connectivity index (χ4n) is 2.13. The molecule has 2 nitrogen and oxygen atoms in total. The van der Waals surface area contributed by atoms with Gasteiger partial charge in [-0.25, -0.2) is 8.78 Å². The third-order valence-corrected chi connectivity index (χ3v) is 3.40. The second kappa shape index (κ2) is 6.77. The van der Waals surface area contributed by atoms with E-state index in [1.165, 1.54) is 6.07 Å². The minimum atomic E-state index is -0.835. The summed E-state index contributed by atoms with van der Waals surface area (Å²) in [5.74, 6) is -1.64. The van der Waals surface area contributed by atoms with E-state index in [1.807, 2.05) is 6.92 Å². The summed E-state index contributed by atoms with van der Waals surface area (Å²) in [7, 11) is 0. The summed E-state index contributed by atoms with van der Waals surface area (Å²) in [6, 6.07) is 5.79. The molecule has 1 N–H and O–H groups in total. The third kappa shape index (κ3) is 3.32. The van der Waals surface area contributed by atoms with Gasteiger partial charge in [0.25, 0.3) is 0 Å². The zero-order valence-electron chi connectivity index (χ0n) is 11.0. The van der Waals surface area contributed by atoms with Crippen LogP contribution in [0.15, 0.2) is 36.7 Å². The molecular formula is C15H15ClF2N2. The van der Waals surface area contributed by atoms with Crippen molar-refractivity contribution in [3.05, 3.63) is 64.4 Å². The Balaban J connectivity index is 2.31. The van der Waals surface area contributed by atoms with E-state index in [9.17, 15) is 8.78 Å². The largest absolute Gasteiger partial charge is 0.310 e. The average molecular weight is 297 g/mol. The second-order valence-electron chi connectivity index (χ2n) is 4.42. The molecule has 5 heteroatoms. The monoisotopic (exact) mass is 296 g/mol. The first-order chi connectivity index (χ1) is 9.63. The first-order valence-corrected chi connectivity index (χ1v) is 6.77. The van der Waals surface area contributed by atoms with E-state index in [2.05, 4.69) is 10.3 Å². The highest BCUT2D eigenvalue weighted by Gasteiger charge is 2.17. The van der Waals surface area contributed by atoms with Crippen LogP contribution in [0, 0.1) is 11.6 Å². The zero-order valence-corrected chi connectivity index (χ0v) is 11.8. The maximum absolute atomic E-state index is 13.8. The lowest BCUT2D eigenvalue weighted by Gasteiger charge is -2.19. The van der Waals surface area contributed by atoms with Gasteiger partial charge in [0.05, 0.1) is 5.02 Å². The quantitative estimate of drug-likeness (QED) is 0.905. The normalized spacial score (nSPS) is 12.4. The lowest BCUT2D eigenvalue weighted by molar-refractivity contribution is 0.481. The van der Waals surface area contributed by atoms with Gasteiger partial charge in [0.15, 0.2) is 11.6 Å². The van der Waals surface area contributed by atoms with Crippen LogP contribution in [0.25, 0.3) is 0 Å². The van der Waals surface area contributed by atoms with E-state index in [1.54, 1.807) is 24.5 Å². The van der Waals surface area contributed by atoms with Gasteiger partial charge in [-0.15, -0.1) is 0 Å². The molecule has 2 rings (SSSR count). The Labute approximate surface area is 121 Å². The number of hydrogen-bond acceptors (Lipinski definition) is 2. The molecule has 0 amide bonds. The Morgan fingerprint density at radius 1 is 1.30 bits per heavy atom. The molecule has 0 spiro atoms. The van der Waals surface area contributed by atoms with Crippen LogP contribution < -0.4 is 5.32 Å². The molecule has 1 heterocycles. The number of pyridine rings is 1. The summed E-state index contributed by atoms with van der Waals surface area (Å²) in [5.41, 5.74) is 1.15. The summed E-state index contributed by atoms with van der Waals surface area (Å²) < 4.78 is 27.0. The van der Waals surface area contributed by atoms with Gasteiger partial charge in [-0.3, -0.25) is 4.98 Å². The van der Waals surface area contributed by atoms with Gasteiger partial charge in [-0.05, 0) is 36.2 Å². The van der Waals surface area contributed by atoms with Crippen molar-refractivity contribution in [3.8, 4) is 0 Å². The number of nitrogens with one attached hydrogen (secondary N) is 1.